The molecule has 8 heteroatoms. The summed E-state index contributed by atoms with van der Waals surface area (Å²) in [7, 11) is 0. The van der Waals surface area contributed by atoms with Crippen LogP contribution < -0.4 is 5.32 Å². The fraction of sp³-hybridized carbons (Fsp3) is 0. The maximum absolute atomic E-state index is 11.8. The Morgan fingerprint density at radius 2 is 1.10 bits per heavy atom. The molecule has 0 unspecified atom stereocenters. The molecule has 30 heavy (non-hydrogen) atoms. The lowest BCUT2D eigenvalue weighted by Gasteiger charge is -2.06. The molecule has 3 aromatic carbocycles. The maximum Gasteiger partial charge on any atom is 0.232 e. The molecule has 0 aliphatic rings. The van der Waals surface area contributed by atoms with E-state index in [-0.39, 0.29) is 22.3 Å². The Morgan fingerprint density at radius 1 is 0.633 bits per heavy atom. The monoisotopic (exact) mass is 456 g/mol. The molecule has 0 saturated heterocycles. The van der Waals surface area contributed by atoms with Crippen molar-refractivity contribution in [1.29, 1.82) is 0 Å². The third-order valence-corrected chi connectivity index (χ3v) is 4.44. The van der Waals surface area contributed by atoms with Gasteiger partial charge in [0.2, 0.25) is 16.5 Å². The van der Waals surface area contributed by atoms with E-state index < -0.39 is 0 Å². The minimum Gasteiger partial charge on any atom is -0.323 e. The highest BCUT2D eigenvalue weighted by molar-refractivity contribution is 6.33. The summed E-state index contributed by atoms with van der Waals surface area (Å²) in [6.07, 6.45) is 0. The molecule has 0 spiro atoms. The number of halogens is 3. The van der Waals surface area contributed by atoms with Gasteiger partial charge >= 0.3 is 0 Å². The van der Waals surface area contributed by atoms with Gasteiger partial charge in [0.15, 0.2) is 5.78 Å². The van der Waals surface area contributed by atoms with Gasteiger partial charge in [-0.15, -0.1) is 0 Å². The summed E-state index contributed by atoms with van der Waals surface area (Å²) in [5, 5.41) is 3.49. The Labute approximate surface area is 188 Å². The van der Waals surface area contributed by atoms with Crippen LogP contribution in [0.5, 0.6) is 0 Å². The summed E-state index contributed by atoms with van der Waals surface area (Å²) in [6, 6.07) is 25.8. The SMILES string of the molecule is Clc1nc(Cl)nc(Nc2ccccc2Cl)n1.O=C(c1ccccc1)c1ccccc1. The van der Waals surface area contributed by atoms with E-state index >= 15 is 0 Å². The predicted molar refractivity (Wildman–Crippen MR) is 121 cm³/mol. The standard InChI is InChI=1S/C13H10O.C9H5Cl3N4/c14-13(11-7-3-1-4-8-11)12-9-5-2-6-10-12;10-5-3-1-2-4-6(5)13-9-15-7(11)14-8(12)16-9/h1-10H;1-4H,(H,13,14,15,16). The average molecular weight is 458 g/mol. The molecule has 1 aromatic heterocycles. The first-order chi connectivity index (χ1) is 14.5. The second kappa shape index (κ2) is 10.7. The lowest BCUT2D eigenvalue weighted by Crippen LogP contribution is -1.99. The van der Waals surface area contributed by atoms with E-state index in [1.807, 2.05) is 72.8 Å². The van der Waals surface area contributed by atoms with Crippen molar-refractivity contribution in [3.8, 4) is 0 Å². The van der Waals surface area contributed by atoms with Gasteiger partial charge in [0, 0.05) is 11.1 Å². The van der Waals surface area contributed by atoms with Gasteiger partial charge in [0.25, 0.3) is 0 Å². The van der Waals surface area contributed by atoms with Crippen molar-refractivity contribution in [3.63, 3.8) is 0 Å². The molecule has 150 valence electrons. The van der Waals surface area contributed by atoms with Gasteiger partial charge in [-0.1, -0.05) is 84.4 Å². The van der Waals surface area contributed by atoms with Gasteiger partial charge < -0.3 is 5.32 Å². The molecule has 0 bridgehead atoms. The van der Waals surface area contributed by atoms with Crippen molar-refractivity contribution < 1.29 is 4.79 Å². The highest BCUT2D eigenvalue weighted by Gasteiger charge is 2.06. The molecule has 1 heterocycles. The quantitative estimate of drug-likeness (QED) is 0.355. The van der Waals surface area contributed by atoms with Crippen LogP contribution in [0.2, 0.25) is 15.6 Å². The van der Waals surface area contributed by atoms with E-state index in [1.54, 1.807) is 12.1 Å². The second-order valence-corrected chi connectivity index (χ2v) is 6.95. The van der Waals surface area contributed by atoms with Crippen LogP contribution >= 0.6 is 34.8 Å². The highest BCUT2D eigenvalue weighted by Crippen LogP contribution is 2.23. The Morgan fingerprint density at radius 3 is 1.60 bits per heavy atom. The lowest BCUT2D eigenvalue weighted by atomic mass is 10.0. The number of aromatic nitrogens is 3. The van der Waals surface area contributed by atoms with Crippen LogP contribution in [0.15, 0.2) is 84.9 Å². The first-order valence-corrected chi connectivity index (χ1v) is 9.90. The van der Waals surface area contributed by atoms with Crippen LogP contribution in [-0.2, 0) is 0 Å². The van der Waals surface area contributed by atoms with E-state index in [0.29, 0.717) is 10.7 Å². The van der Waals surface area contributed by atoms with Gasteiger partial charge in [-0.3, -0.25) is 4.79 Å². The molecule has 0 aliphatic heterocycles. The number of anilines is 2. The minimum absolute atomic E-state index is 0.0227. The zero-order valence-corrected chi connectivity index (χ0v) is 17.7. The second-order valence-electron chi connectivity index (χ2n) is 5.86. The van der Waals surface area contributed by atoms with Gasteiger partial charge in [-0.2, -0.15) is 15.0 Å². The number of benzene rings is 3. The molecule has 4 rings (SSSR count). The Balaban J connectivity index is 0.000000172. The number of nitrogens with zero attached hydrogens (tertiary/aromatic N) is 3. The maximum atomic E-state index is 11.8. The third kappa shape index (κ3) is 6.26. The molecule has 0 radical (unpaired) electrons. The number of para-hydroxylation sites is 1. The van der Waals surface area contributed by atoms with Gasteiger partial charge in [0.05, 0.1) is 10.7 Å². The van der Waals surface area contributed by atoms with Crippen molar-refractivity contribution in [3.05, 3.63) is 112 Å². The van der Waals surface area contributed by atoms with Crippen LogP contribution in [-0.4, -0.2) is 20.7 Å². The largest absolute Gasteiger partial charge is 0.323 e. The molecule has 0 aliphatic carbocycles. The smallest absolute Gasteiger partial charge is 0.232 e. The molecule has 0 saturated carbocycles. The van der Waals surface area contributed by atoms with Gasteiger partial charge in [-0.05, 0) is 35.3 Å². The number of hydrogen-bond acceptors (Lipinski definition) is 5. The fourth-order valence-corrected chi connectivity index (χ4v) is 2.96. The molecular formula is C22H15Cl3N4O. The molecule has 0 atom stereocenters. The van der Waals surface area contributed by atoms with Crippen LogP contribution in [0.1, 0.15) is 15.9 Å². The van der Waals surface area contributed by atoms with Crippen molar-refractivity contribution in [2.24, 2.45) is 0 Å². The van der Waals surface area contributed by atoms with Crippen LogP contribution in [0, 0.1) is 0 Å². The van der Waals surface area contributed by atoms with E-state index in [2.05, 4.69) is 20.3 Å². The Bertz CT molecular complexity index is 1060. The van der Waals surface area contributed by atoms with Crippen molar-refractivity contribution in [2.45, 2.75) is 0 Å². The first kappa shape index (κ1) is 21.7. The Kier molecular flexibility index (Phi) is 7.74. The first-order valence-electron chi connectivity index (χ1n) is 8.76. The number of rotatable bonds is 4. The highest BCUT2D eigenvalue weighted by atomic mass is 35.5. The molecule has 0 amide bonds. The van der Waals surface area contributed by atoms with Crippen LogP contribution in [0.25, 0.3) is 0 Å². The Hall–Kier alpha value is -2.99. The van der Waals surface area contributed by atoms with E-state index in [0.717, 1.165) is 11.1 Å². The average Bonchev–Trinajstić information content (AvgIpc) is 2.76. The number of carbonyl (C=O) groups excluding carboxylic acids is 1. The number of nitrogens with one attached hydrogen (secondary N) is 1. The summed E-state index contributed by atoms with van der Waals surface area (Å²) >= 11 is 17.2. The van der Waals surface area contributed by atoms with Crippen molar-refractivity contribution in [2.75, 3.05) is 5.32 Å². The number of hydrogen-bond donors (Lipinski definition) is 1. The van der Waals surface area contributed by atoms with E-state index in [4.69, 9.17) is 34.8 Å². The zero-order chi connectivity index (χ0) is 21.3. The number of ketones is 1. The fourth-order valence-electron chi connectivity index (χ4n) is 2.41. The van der Waals surface area contributed by atoms with Gasteiger partial charge in [-0.25, -0.2) is 0 Å². The van der Waals surface area contributed by atoms with Crippen molar-refractivity contribution >= 4 is 52.2 Å². The van der Waals surface area contributed by atoms with E-state index in [9.17, 15) is 4.79 Å². The summed E-state index contributed by atoms with van der Waals surface area (Å²) in [5.74, 6) is 0.323. The predicted octanol–water partition coefficient (Wildman–Crippen LogP) is 6.49. The topological polar surface area (TPSA) is 67.8 Å². The molecule has 1 N–H and O–H groups in total. The van der Waals surface area contributed by atoms with Crippen molar-refractivity contribution in [1.82, 2.24) is 15.0 Å². The third-order valence-electron chi connectivity index (χ3n) is 3.77. The summed E-state index contributed by atoms with van der Waals surface area (Å²) < 4.78 is 0. The van der Waals surface area contributed by atoms with Crippen LogP contribution in [0.3, 0.4) is 0 Å². The normalized spacial score (nSPS) is 9.97. The lowest BCUT2D eigenvalue weighted by molar-refractivity contribution is 0.103. The molecular weight excluding hydrogens is 443 g/mol. The molecule has 4 aromatic rings. The van der Waals surface area contributed by atoms with E-state index in [1.165, 1.54) is 0 Å². The minimum atomic E-state index is 0.0227. The molecule has 0 fully saturated rings. The summed E-state index contributed by atoms with van der Waals surface area (Å²) in [4.78, 5) is 23.2. The molecule has 5 nitrogen and oxygen atoms in total. The van der Waals surface area contributed by atoms with Crippen LogP contribution in [0.4, 0.5) is 11.6 Å². The zero-order valence-electron chi connectivity index (χ0n) is 15.5. The number of carbonyl (C=O) groups is 1. The summed E-state index contributed by atoms with van der Waals surface area (Å²) in [6.45, 7) is 0. The van der Waals surface area contributed by atoms with Gasteiger partial charge in [0.1, 0.15) is 0 Å². The summed E-state index contributed by atoms with van der Waals surface area (Å²) in [5.41, 5.74) is 2.14.